The SMILES string of the molecule is COc1cc(CC#N)ccc1OCC1=N[C@](Cc2cc3ccc(F)cc3[nH]2)(C(=O)O)CS1. The van der Waals surface area contributed by atoms with Gasteiger partial charge in [-0.3, -0.25) is 4.99 Å². The van der Waals surface area contributed by atoms with Gasteiger partial charge in [-0.15, -0.1) is 11.8 Å². The Labute approximate surface area is 187 Å². The third kappa shape index (κ3) is 4.41. The van der Waals surface area contributed by atoms with Crippen molar-refractivity contribution in [2.24, 2.45) is 4.99 Å². The van der Waals surface area contributed by atoms with Crippen LogP contribution in [-0.2, 0) is 17.6 Å². The molecule has 1 atom stereocenters. The number of nitriles is 1. The first-order valence-corrected chi connectivity index (χ1v) is 10.8. The average molecular weight is 453 g/mol. The maximum absolute atomic E-state index is 13.5. The lowest BCUT2D eigenvalue weighted by atomic mass is 9.96. The molecule has 0 saturated carbocycles. The molecular weight excluding hydrogens is 433 g/mol. The molecule has 1 aliphatic heterocycles. The number of benzene rings is 2. The molecule has 0 radical (unpaired) electrons. The lowest BCUT2D eigenvalue weighted by molar-refractivity contribution is -0.142. The summed E-state index contributed by atoms with van der Waals surface area (Å²) < 4.78 is 24.6. The van der Waals surface area contributed by atoms with Crippen molar-refractivity contribution in [3.05, 3.63) is 59.5 Å². The van der Waals surface area contributed by atoms with Gasteiger partial charge in [-0.25, -0.2) is 9.18 Å². The number of nitrogens with zero attached hydrogens (tertiary/aromatic N) is 2. The van der Waals surface area contributed by atoms with Crippen LogP contribution in [0.25, 0.3) is 10.9 Å². The second-order valence-electron chi connectivity index (χ2n) is 7.44. The molecule has 2 N–H and O–H groups in total. The molecule has 0 fully saturated rings. The summed E-state index contributed by atoms with van der Waals surface area (Å²) >= 11 is 1.34. The molecule has 0 saturated heterocycles. The van der Waals surface area contributed by atoms with Crippen LogP contribution in [0.2, 0.25) is 0 Å². The molecule has 9 heteroatoms. The minimum Gasteiger partial charge on any atom is -0.493 e. The van der Waals surface area contributed by atoms with E-state index in [1.54, 1.807) is 24.3 Å². The number of aliphatic imine (C=N–C) groups is 1. The number of halogens is 1. The molecule has 2 heterocycles. The number of thioether (sulfide) groups is 1. The highest BCUT2D eigenvalue weighted by Gasteiger charge is 2.43. The highest BCUT2D eigenvalue weighted by molar-refractivity contribution is 8.14. The Hall–Kier alpha value is -3.51. The lowest BCUT2D eigenvalue weighted by Gasteiger charge is -2.19. The number of ether oxygens (including phenoxy) is 2. The molecule has 1 aromatic heterocycles. The van der Waals surface area contributed by atoms with Crippen molar-refractivity contribution >= 4 is 33.7 Å². The number of carbonyl (C=O) groups is 1. The van der Waals surface area contributed by atoms with Crippen molar-refractivity contribution in [3.8, 4) is 17.6 Å². The summed E-state index contributed by atoms with van der Waals surface area (Å²) in [6.45, 7) is 0.103. The van der Waals surface area contributed by atoms with Gasteiger partial charge in [0.25, 0.3) is 0 Å². The number of nitrogens with one attached hydrogen (secondary N) is 1. The monoisotopic (exact) mass is 453 g/mol. The van der Waals surface area contributed by atoms with Crippen LogP contribution in [0.5, 0.6) is 11.5 Å². The van der Waals surface area contributed by atoms with Crippen molar-refractivity contribution in [1.29, 1.82) is 5.26 Å². The molecule has 32 heavy (non-hydrogen) atoms. The Bertz CT molecular complexity index is 1250. The molecule has 0 unspecified atom stereocenters. The normalized spacial score (nSPS) is 17.7. The first-order chi connectivity index (χ1) is 15.4. The van der Waals surface area contributed by atoms with Crippen molar-refractivity contribution < 1.29 is 23.8 Å². The largest absolute Gasteiger partial charge is 0.493 e. The van der Waals surface area contributed by atoms with Gasteiger partial charge in [-0.05, 0) is 47.3 Å². The van der Waals surface area contributed by atoms with Crippen LogP contribution in [0.1, 0.15) is 11.3 Å². The van der Waals surface area contributed by atoms with E-state index in [2.05, 4.69) is 16.0 Å². The maximum Gasteiger partial charge on any atom is 0.332 e. The number of methoxy groups -OCH3 is 1. The van der Waals surface area contributed by atoms with Crippen LogP contribution in [0.3, 0.4) is 0 Å². The third-order valence-corrected chi connectivity index (χ3v) is 6.36. The van der Waals surface area contributed by atoms with E-state index >= 15 is 0 Å². The Balaban J connectivity index is 1.51. The third-order valence-electron chi connectivity index (χ3n) is 5.20. The van der Waals surface area contributed by atoms with Gasteiger partial charge in [0.05, 0.1) is 19.6 Å². The molecule has 3 aromatic rings. The number of aromatic nitrogens is 1. The summed E-state index contributed by atoms with van der Waals surface area (Å²) in [5.41, 5.74) is 0.774. The highest BCUT2D eigenvalue weighted by Crippen LogP contribution is 2.34. The summed E-state index contributed by atoms with van der Waals surface area (Å²) in [7, 11) is 1.52. The van der Waals surface area contributed by atoms with Gasteiger partial charge in [0.15, 0.2) is 17.0 Å². The second kappa shape index (κ2) is 8.93. The van der Waals surface area contributed by atoms with Crippen molar-refractivity contribution in [3.63, 3.8) is 0 Å². The summed E-state index contributed by atoms with van der Waals surface area (Å²) in [6, 6.07) is 13.6. The summed E-state index contributed by atoms with van der Waals surface area (Å²) in [6.07, 6.45) is 0.419. The Morgan fingerprint density at radius 3 is 2.91 bits per heavy atom. The molecule has 2 aromatic carbocycles. The van der Waals surface area contributed by atoms with Crippen LogP contribution in [0.4, 0.5) is 4.39 Å². The summed E-state index contributed by atoms with van der Waals surface area (Å²) in [5, 5.41) is 20.2. The lowest BCUT2D eigenvalue weighted by Crippen LogP contribution is -2.39. The van der Waals surface area contributed by atoms with Crippen LogP contribution in [0.15, 0.2) is 47.5 Å². The fourth-order valence-corrected chi connectivity index (χ4v) is 4.67. The molecule has 1 aliphatic rings. The quantitative estimate of drug-likeness (QED) is 0.534. The average Bonchev–Trinajstić information content (AvgIpc) is 3.37. The van der Waals surface area contributed by atoms with Gasteiger partial charge in [0.1, 0.15) is 17.5 Å². The number of hydrogen-bond acceptors (Lipinski definition) is 6. The van der Waals surface area contributed by atoms with E-state index in [0.29, 0.717) is 27.8 Å². The maximum atomic E-state index is 13.5. The van der Waals surface area contributed by atoms with E-state index in [4.69, 9.17) is 14.7 Å². The number of rotatable bonds is 8. The summed E-state index contributed by atoms with van der Waals surface area (Å²) in [4.78, 5) is 19.7. The Morgan fingerprint density at radius 1 is 1.31 bits per heavy atom. The molecule has 4 rings (SSSR count). The first-order valence-electron chi connectivity index (χ1n) is 9.81. The van der Waals surface area contributed by atoms with E-state index < -0.39 is 11.5 Å². The van der Waals surface area contributed by atoms with Crippen LogP contribution < -0.4 is 9.47 Å². The zero-order valence-electron chi connectivity index (χ0n) is 17.2. The number of fused-ring (bicyclic) bond motifs is 1. The van der Waals surface area contributed by atoms with E-state index in [1.807, 2.05) is 6.07 Å². The van der Waals surface area contributed by atoms with Crippen LogP contribution in [-0.4, -0.2) is 46.1 Å². The van der Waals surface area contributed by atoms with Crippen molar-refractivity contribution in [2.45, 2.75) is 18.4 Å². The number of carboxylic acid groups (broad SMARTS) is 1. The fourth-order valence-electron chi connectivity index (χ4n) is 3.60. The zero-order chi connectivity index (χ0) is 22.7. The molecule has 164 valence electrons. The van der Waals surface area contributed by atoms with Crippen LogP contribution in [0, 0.1) is 17.1 Å². The van der Waals surface area contributed by atoms with E-state index in [-0.39, 0.29) is 31.0 Å². The van der Waals surface area contributed by atoms with Crippen LogP contribution >= 0.6 is 11.8 Å². The minimum atomic E-state index is -1.33. The number of aromatic amines is 1. The Morgan fingerprint density at radius 2 is 2.16 bits per heavy atom. The molecule has 0 spiro atoms. The van der Waals surface area contributed by atoms with E-state index in [1.165, 1.54) is 31.0 Å². The number of hydrogen-bond donors (Lipinski definition) is 2. The molecule has 0 aliphatic carbocycles. The number of H-pyrrole nitrogens is 1. The standard InChI is InChI=1S/C23H20FN3O4S/c1-30-20-8-14(6-7-25)2-5-19(20)31-12-21-27-23(13-32-21,22(28)29)11-17-9-15-3-4-16(24)10-18(15)26-17/h2-5,8-10,26H,6,11-13H2,1H3,(H,28,29)/t23-/m0/s1. The van der Waals surface area contributed by atoms with Gasteiger partial charge in [0, 0.05) is 23.4 Å². The highest BCUT2D eigenvalue weighted by atomic mass is 32.2. The van der Waals surface area contributed by atoms with Crippen molar-refractivity contribution in [2.75, 3.05) is 19.5 Å². The predicted molar refractivity (Wildman–Crippen MR) is 120 cm³/mol. The topological polar surface area (TPSA) is 108 Å². The molecule has 0 amide bonds. The van der Waals surface area contributed by atoms with Gasteiger partial charge < -0.3 is 19.6 Å². The smallest absolute Gasteiger partial charge is 0.332 e. The molecule has 7 nitrogen and oxygen atoms in total. The van der Waals surface area contributed by atoms with Gasteiger partial charge in [0.2, 0.25) is 0 Å². The van der Waals surface area contributed by atoms with E-state index in [0.717, 1.165) is 10.9 Å². The Kier molecular flexibility index (Phi) is 6.06. The van der Waals surface area contributed by atoms with E-state index in [9.17, 15) is 14.3 Å². The van der Waals surface area contributed by atoms with Gasteiger partial charge >= 0.3 is 5.97 Å². The van der Waals surface area contributed by atoms with Gasteiger partial charge in [-0.1, -0.05) is 6.07 Å². The molecular formula is C23H20FN3O4S. The number of aliphatic carboxylic acids is 1. The fraction of sp³-hybridized carbons (Fsp3) is 0.261. The van der Waals surface area contributed by atoms with Gasteiger partial charge in [-0.2, -0.15) is 5.26 Å². The zero-order valence-corrected chi connectivity index (χ0v) is 18.0. The first kappa shape index (κ1) is 21.7. The second-order valence-corrected chi connectivity index (χ2v) is 8.49. The predicted octanol–water partition coefficient (Wildman–Crippen LogP) is 3.97. The summed E-state index contributed by atoms with van der Waals surface area (Å²) in [5.74, 6) is -0.130. The van der Waals surface area contributed by atoms with Crippen molar-refractivity contribution in [1.82, 2.24) is 4.98 Å². The molecule has 0 bridgehead atoms. The minimum absolute atomic E-state index is 0.103. The number of carboxylic acids is 1.